The van der Waals surface area contributed by atoms with E-state index in [1.165, 1.54) is 0 Å². The fraction of sp³-hybridized carbons (Fsp3) is 0.261. The van der Waals surface area contributed by atoms with Gasteiger partial charge >= 0.3 is 11.7 Å². The standard InChI is InChI=1S/C23H24N6O2/c30-22(24-16-17-5-3-6-19(15-17)28-12-4-11-25-28)27-13-9-18(10-14-27)29-21-8-2-1-7-20(21)26-23(29)31/h1-8,11-12,15,18H,9-10,13-14,16H2,(H,24,30)(H,26,31). The molecule has 158 valence electrons. The second-order valence-electron chi connectivity index (χ2n) is 7.81. The Morgan fingerprint density at radius 2 is 1.94 bits per heavy atom. The molecule has 0 aliphatic carbocycles. The summed E-state index contributed by atoms with van der Waals surface area (Å²) >= 11 is 0. The third-order valence-electron chi connectivity index (χ3n) is 5.86. The van der Waals surface area contributed by atoms with Crippen molar-refractivity contribution in [1.29, 1.82) is 0 Å². The maximum Gasteiger partial charge on any atom is 0.326 e. The summed E-state index contributed by atoms with van der Waals surface area (Å²) in [6.07, 6.45) is 5.14. The second-order valence-corrected chi connectivity index (χ2v) is 7.81. The van der Waals surface area contributed by atoms with E-state index in [0.29, 0.717) is 19.6 Å². The SMILES string of the molecule is O=C(NCc1cccc(-n2cccn2)c1)N1CCC(n2c(=O)[nH]c3ccccc32)CC1. The molecular formula is C23H24N6O2. The maximum atomic E-state index is 12.7. The summed E-state index contributed by atoms with van der Waals surface area (Å²) in [5.74, 6) is 0. The van der Waals surface area contributed by atoms with Crippen LogP contribution in [0.2, 0.25) is 0 Å². The van der Waals surface area contributed by atoms with Crippen molar-refractivity contribution in [2.24, 2.45) is 0 Å². The first kappa shape index (κ1) is 19.2. The van der Waals surface area contributed by atoms with Gasteiger partial charge in [0.15, 0.2) is 0 Å². The number of rotatable bonds is 4. The van der Waals surface area contributed by atoms with Crippen LogP contribution in [0.5, 0.6) is 0 Å². The average Bonchev–Trinajstić information content (AvgIpc) is 3.45. The predicted molar refractivity (Wildman–Crippen MR) is 118 cm³/mol. The van der Waals surface area contributed by atoms with Crippen LogP contribution in [0.3, 0.4) is 0 Å². The van der Waals surface area contributed by atoms with Crippen molar-refractivity contribution in [3.63, 3.8) is 0 Å². The van der Waals surface area contributed by atoms with E-state index in [1.54, 1.807) is 10.9 Å². The number of piperidine rings is 1. The van der Waals surface area contributed by atoms with Crippen LogP contribution in [0.1, 0.15) is 24.4 Å². The minimum Gasteiger partial charge on any atom is -0.334 e. The molecule has 1 fully saturated rings. The Hall–Kier alpha value is -3.81. The van der Waals surface area contributed by atoms with Crippen LogP contribution in [0.25, 0.3) is 16.7 Å². The molecule has 1 aliphatic heterocycles. The van der Waals surface area contributed by atoms with Crippen molar-refractivity contribution < 1.29 is 4.79 Å². The Kier molecular flexibility index (Phi) is 5.03. The van der Waals surface area contributed by atoms with Crippen LogP contribution in [-0.2, 0) is 6.54 Å². The molecule has 8 nitrogen and oxygen atoms in total. The first-order chi connectivity index (χ1) is 15.2. The van der Waals surface area contributed by atoms with E-state index >= 15 is 0 Å². The molecule has 2 amide bonds. The molecule has 2 aromatic carbocycles. The molecule has 31 heavy (non-hydrogen) atoms. The Balaban J connectivity index is 1.19. The highest BCUT2D eigenvalue weighted by atomic mass is 16.2. The minimum atomic E-state index is -0.0823. The van der Waals surface area contributed by atoms with E-state index in [9.17, 15) is 9.59 Å². The molecule has 0 atom stereocenters. The molecule has 8 heteroatoms. The second kappa shape index (κ2) is 8.14. The fourth-order valence-electron chi connectivity index (χ4n) is 4.28. The van der Waals surface area contributed by atoms with Crippen molar-refractivity contribution in [3.05, 3.63) is 83.0 Å². The molecule has 0 bridgehead atoms. The number of hydrogen-bond donors (Lipinski definition) is 2. The van der Waals surface area contributed by atoms with Crippen molar-refractivity contribution in [2.75, 3.05) is 13.1 Å². The van der Waals surface area contributed by atoms with Gasteiger partial charge in [-0.15, -0.1) is 0 Å². The summed E-state index contributed by atoms with van der Waals surface area (Å²) in [6.45, 7) is 1.70. The number of nitrogens with zero attached hydrogens (tertiary/aromatic N) is 4. The molecule has 3 heterocycles. The lowest BCUT2D eigenvalue weighted by Gasteiger charge is -2.32. The van der Waals surface area contributed by atoms with Gasteiger partial charge in [-0.2, -0.15) is 5.10 Å². The van der Waals surface area contributed by atoms with E-state index in [1.807, 2.05) is 70.3 Å². The summed E-state index contributed by atoms with van der Waals surface area (Å²) in [5.41, 5.74) is 3.67. The molecular weight excluding hydrogens is 392 g/mol. The van der Waals surface area contributed by atoms with Crippen LogP contribution in [0, 0.1) is 0 Å². The van der Waals surface area contributed by atoms with Gasteiger partial charge in [-0.05, 0) is 48.7 Å². The van der Waals surface area contributed by atoms with Crippen LogP contribution >= 0.6 is 0 Å². The number of H-pyrrole nitrogens is 1. The summed E-state index contributed by atoms with van der Waals surface area (Å²) in [5, 5.41) is 7.26. The van der Waals surface area contributed by atoms with Crippen molar-refractivity contribution >= 4 is 17.1 Å². The van der Waals surface area contributed by atoms with Gasteiger partial charge in [-0.1, -0.05) is 24.3 Å². The number of likely N-dealkylation sites (tertiary alicyclic amines) is 1. The Morgan fingerprint density at radius 1 is 1.10 bits per heavy atom. The Bertz CT molecular complexity index is 1250. The highest BCUT2D eigenvalue weighted by Gasteiger charge is 2.25. The molecule has 4 aromatic rings. The number of fused-ring (bicyclic) bond motifs is 1. The maximum absolute atomic E-state index is 12.7. The topological polar surface area (TPSA) is 87.9 Å². The zero-order chi connectivity index (χ0) is 21.2. The summed E-state index contributed by atoms with van der Waals surface area (Å²) in [4.78, 5) is 29.9. The molecule has 0 radical (unpaired) electrons. The third kappa shape index (κ3) is 3.84. The zero-order valence-electron chi connectivity index (χ0n) is 17.1. The first-order valence-corrected chi connectivity index (χ1v) is 10.5. The molecule has 2 N–H and O–H groups in total. The number of para-hydroxylation sites is 2. The summed E-state index contributed by atoms with van der Waals surface area (Å²) in [7, 11) is 0. The minimum absolute atomic E-state index is 0.0748. The normalized spacial score (nSPS) is 14.8. The van der Waals surface area contributed by atoms with Crippen molar-refractivity contribution in [1.82, 2.24) is 29.5 Å². The number of imidazole rings is 1. The third-order valence-corrected chi connectivity index (χ3v) is 5.86. The van der Waals surface area contributed by atoms with Gasteiger partial charge in [0.1, 0.15) is 0 Å². The Morgan fingerprint density at radius 3 is 2.74 bits per heavy atom. The first-order valence-electron chi connectivity index (χ1n) is 10.5. The van der Waals surface area contributed by atoms with Gasteiger partial charge in [-0.3, -0.25) is 4.57 Å². The fourth-order valence-corrected chi connectivity index (χ4v) is 4.28. The van der Waals surface area contributed by atoms with Crippen molar-refractivity contribution in [2.45, 2.75) is 25.4 Å². The highest BCUT2D eigenvalue weighted by Crippen LogP contribution is 2.24. The van der Waals surface area contributed by atoms with E-state index in [0.717, 1.165) is 35.1 Å². The quantitative estimate of drug-likeness (QED) is 0.536. The van der Waals surface area contributed by atoms with Crippen LogP contribution in [-0.4, -0.2) is 43.4 Å². The number of carbonyl (C=O) groups excluding carboxylic acids is 1. The van der Waals surface area contributed by atoms with E-state index < -0.39 is 0 Å². The van der Waals surface area contributed by atoms with Gasteiger partial charge in [0.05, 0.1) is 16.7 Å². The van der Waals surface area contributed by atoms with Gasteiger partial charge in [-0.25, -0.2) is 14.3 Å². The molecule has 0 saturated carbocycles. The molecule has 0 spiro atoms. The van der Waals surface area contributed by atoms with Crippen LogP contribution in [0.15, 0.2) is 71.8 Å². The lowest BCUT2D eigenvalue weighted by atomic mass is 10.0. The summed E-state index contributed by atoms with van der Waals surface area (Å²) < 4.78 is 3.63. The zero-order valence-corrected chi connectivity index (χ0v) is 17.1. The van der Waals surface area contributed by atoms with Crippen LogP contribution in [0.4, 0.5) is 4.79 Å². The van der Waals surface area contributed by atoms with Gasteiger partial charge < -0.3 is 15.2 Å². The van der Waals surface area contributed by atoms with Gasteiger partial charge in [0.25, 0.3) is 0 Å². The lowest BCUT2D eigenvalue weighted by molar-refractivity contribution is 0.171. The Labute approximate surface area is 179 Å². The molecule has 1 saturated heterocycles. The number of aromatic nitrogens is 4. The molecule has 5 rings (SSSR count). The van der Waals surface area contributed by atoms with Gasteiger partial charge in [0, 0.05) is 38.1 Å². The number of carbonyl (C=O) groups is 1. The number of nitrogens with one attached hydrogen (secondary N) is 2. The predicted octanol–water partition coefficient (Wildman–Crippen LogP) is 3.06. The highest BCUT2D eigenvalue weighted by molar-refractivity contribution is 5.75. The number of urea groups is 1. The van der Waals surface area contributed by atoms with Crippen LogP contribution < -0.4 is 11.0 Å². The van der Waals surface area contributed by atoms with E-state index in [4.69, 9.17) is 0 Å². The number of benzene rings is 2. The smallest absolute Gasteiger partial charge is 0.326 e. The monoisotopic (exact) mass is 416 g/mol. The van der Waals surface area contributed by atoms with Crippen molar-refractivity contribution in [3.8, 4) is 5.69 Å². The lowest BCUT2D eigenvalue weighted by Crippen LogP contribution is -2.45. The number of hydrogen-bond acceptors (Lipinski definition) is 3. The number of amides is 2. The van der Waals surface area contributed by atoms with E-state index in [-0.39, 0.29) is 17.8 Å². The molecule has 1 aliphatic rings. The molecule has 0 unspecified atom stereocenters. The average molecular weight is 416 g/mol. The molecule has 2 aromatic heterocycles. The van der Waals surface area contributed by atoms with E-state index in [2.05, 4.69) is 15.4 Å². The number of aromatic amines is 1. The van der Waals surface area contributed by atoms with Gasteiger partial charge in [0.2, 0.25) is 0 Å². The largest absolute Gasteiger partial charge is 0.334 e. The summed E-state index contributed by atoms with van der Waals surface area (Å²) in [6, 6.07) is 17.6.